The third kappa shape index (κ3) is 0.973. The standard InChI is InChI=1S/C13H14O2/c14-12-10-6-9(10)5-8-2-1-7-3-4-15-13(7)11(8)12/h3-4,8-11H,1-2,5-6H2/t8-,9?,10?,11-/m0/s1. The number of carbonyl (C=O) groups is 1. The average Bonchev–Trinajstić information content (AvgIpc) is 2.86. The van der Waals surface area contributed by atoms with E-state index in [0.29, 0.717) is 17.6 Å². The minimum Gasteiger partial charge on any atom is -0.468 e. The molecule has 0 amide bonds. The average molecular weight is 202 g/mol. The molecule has 2 heteroatoms. The molecule has 0 radical (unpaired) electrons. The van der Waals surface area contributed by atoms with E-state index in [1.165, 1.54) is 18.4 Å². The zero-order valence-corrected chi connectivity index (χ0v) is 8.61. The van der Waals surface area contributed by atoms with Gasteiger partial charge in [0.2, 0.25) is 0 Å². The van der Waals surface area contributed by atoms with Crippen LogP contribution in [0, 0.1) is 17.8 Å². The van der Waals surface area contributed by atoms with Gasteiger partial charge in [-0.1, -0.05) is 0 Å². The molecule has 0 spiro atoms. The van der Waals surface area contributed by atoms with Gasteiger partial charge in [-0.15, -0.1) is 0 Å². The van der Waals surface area contributed by atoms with E-state index in [1.54, 1.807) is 6.26 Å². The highest BCUT2D eigenvalue weighted by Crippen LogP contribution is 2.56. The summed E-state index contributed by atoms with van der Waals surface area (Å²) in [5, 5.41) is 0. The topological polar surface area (TPSA) is 30.2 Å². The van der Waals surface area contributed by atoms with Crippen LogP contribution in [0.3, 0.4) is 0 Å². The second kappa shape index (κ2) is 2.55. The van der Waals surface area contributed by atoms with Gasteiger partial charge in [0.15, 0.2) is 0 Å². The van der Waals surface area contributed by atoms with Crippen LogP contribution >= 0.6 is 0 Å². The van der Waals surface area contributed by atoms with Crippen LogP contribution in [-0.4, -0.2) is 5.78 Å². The molecule has 4 atom stereocenters. The quantitative estimate of drug-likeness (QED) is 0.647. The molecule has 3 aliphatic rings. The molecule has 4 rings (SSSR count). The van der Waals surface area contributed by atoms with Crippen molar-refractivity contribution in [1.82, 2.24) is 0 Å². The van der Waals surface area contributed by atoms with E-state index < -0.39 is 0 Å². The lowest BCUT2D eigenvalue weighted by atomic mass is 9.70. The van der Waals surface area contributed by atoms with Crippen LogP contribution in [-0.2, 0) is 11.2 Å². The maximum atomic E-state index is 12.2. The van der Waals surface area contributed by atoms with Crippen LogP contribution in [0.4, 0.5) is 0 Å². The van der Waals surface area contributed by atoms with Crippen LogP contribution in [0.2, 0.25) is 0 Å². The molecule has 2 nitrogen and oxygen atoms in total. The van der Waals surface area contributed by atoms with Gasteiger partial charge in [-0.2, -0.15) is 0 Å². The van der Waals surface area contributed by atoms with Crippen molar-refractivity contribution in [2.75, 3.05) is 0 Å². The van der Waals surface area contributed by atoms with Crippen LogP contribution < -0.4 is 0 Å². The summed E-state index contributed by atoms with van der Waals surface area (Å²) in [6, 6.07) is 2.04. The predicted octanol–water partition coefficient (Wildman–Crippen LogP) is 2.53. The van der Waals surface area contributed by atoms with E-state index >= 15 is 0 Å². The van der Waals surface area contributed by atoms with Gasteiger partial charge in [0.05, 0.1) is 12.2 Å². The third-order valence-electron chi connectivity index (χ3n) is 4.52. The second-order valence-corrected chi connectivity index (χ2v) is 5.33. The van der Waals surface area contributed by atoms with Gasteiger partial charge in [-0.3, -0.25) is 4.79 Å². The summed E-state index contributed by atoms with van der Waals surface area (Å²) in [6.07, 6.45) is 6.46. The Bertz CT molecular complexity index is 431. The first kappa shape index (κ1) is 8.14. The molecular formula is C13H14O2. The first-order valence-corrected chi connectivity index (χ1v) is 5.94. The van der Waals surface area contributed by atoms with Crippen molar-refractivity contribution in [1.29, 1.82) is 0 Å². The summed E-state index contributed by atoms with van der Waals surface area (Å²) in [5.41, 5.74) is 1.28. The summed E-state index contributed by atoms with van der Waals surface area (Å²) < 4.78 is 5.54. The lowest BCUT2D eigenvalue weighted by molar-refractivity contribution is -0.125. The fourth-order valence-corrected chi connectivity index (χ4v) is 3.64. The zero-order chi connectivity index (χ0) is 9.99. The van der Waals surface area contributed by atoms with E-state index in [1.807, 2.05) is 6.07 Å². The number of ketones is 1. The van der Waals surface area contributed by atoms with Crippen molar-refractivity contribution in [3.63, 3.8) is 0 Å². The number of furan rings is 1. The molecule has 15 heavy (non-hydrogen) atoms. The predicted molar refractivity (Wildman–Crippen MR) is 54.5 cm³/mol. The summed E-state index contributed by atoms with van der Waals surface area (Å²) in [4.78, 5) is 12.2. The molecule has 2 fully saturated rings. The molecule has 1 aromatic heterocycles. The summed E-state index contributed by atoms with van der Waals surface area (Å²) in [5.74, 6) is 3.30. The van der Waals surface area contributed by atoms with Crippen LogP contribution in [0.25, 0.3) is 0 Å². The first-order valence-electron chi connectivity index (χ1n) is 5.94. The van der Waals surface area contributed by atoms with Gasteiger partial charge < -0.3 is 4.42 Å². The molecule has 0 aromatic carbocycles. The number of rotatable bonds is 0. The highest BCUT2D eigenvalue weighted by atomic mass is 16.3. The molecule has 1 heterocycles. The Labute approximate surface area is 88.7 Å². The fraction of sp³-hybridized carbons (Fsp3) is 0.615. The zero-order valence-electron chi connectivity index (χ0n) is 8.61. The summed E-state index contributed by atoms with van der Waals surface area (Å²) in [7, 11) is 0. The molecule has 0 aliphatic heterocycles. The minimum absolute atomic E-state index is 0.118. The normalized spacial score (nSPS) is 41.7. The monoisotopic (exact) mass is 202 g/mol. The van der Waals surface area contributed by atoms with Gasteiger partial charge in [-0.25, -0.2) is 0 Å². The Morgan fingerprint density at radius 2 is 2.20 bits per heavy atom. The highest BCUT2D eigenvalue weighted by Gasteiger charge is 2.55. The van der Waals surface area contributed by atoms with Crippen molar-refractivity contribution in [2.45, 2.75) is 31.6 Å². The van der Waals surface area contributed by atoms with Gasteiger partial charge in [0, 0.05) is 5.92 Å². The molecule has 2 saturated carbocycles. The van der Waals surface area contributed by atoms with Gasteiger partial charge in [0.25, 0.3) is 0 Å². The Hall–Kier alpha value is -1.05. The number of aryl methyl sites for hydroxylation is 1. The van der Waals surface area contributed by atoms with E-state index in [9.17, 15) is 4.79 Å². The Morgan fingerprint density at radius 1 is 1.27 bits per heavy atom. The van der Waals surface area contributed by atoms with Crippen molar-refractivity contribution >= 4 is 5.78 Å². The molecule has 78 valence electrons. The summed E-state index contributed by atoms with van der Waals surface area (Å²) >= 11 is 0. The molecule has 0 bridgehead atoms. The highest BCUT2D eigenvalue weighted by molar-refractivity contribution is 5.91. The van der Waals surface area contributed by atoms with E-state index in [4.69, 9.17) is 4.42 Å². The lowest BCUT2D eigenvalue weighted by Crippen LogP contribution is -2.31. The Morgan fingerprint density at radius 3 is 3.13 bits per heavy atom. The number of Topliss-reactive ketones (excluding diaryl/α,β-unsaturated/α-hetero) is 1. The lowest BCUT2D eigenvalue weighted by Gasteiger charge is -2.32. The SMILES string of the molecule is O=C1C2CC2C[C@@H]2CCc3ccoc3[C@H]12. The smallest absolute Gasteiger partial charge is 0.147 e. The fourth-order valence-electron chi connectivity index (χ4n) is 3.64. The third-order valence-corrected chi connectivity index (χ3v) is 4.52. The minimum atomic E-state index is 0.118. The molecular weight excluding hydrogens is 188 g/mol. The molecule has 3 aliphatic carbocycles. The number of fused-ring (bicyclic) bond motifs is 4. The van der Waals surface area contributed by atoms with Crippen molar-refractivity contribution in [3.05, 3.63) is 23.7 Å². The maximum absolute atomic E-state index is 12.2. The van der Waals surface area contributed by atoms with E-state index in [-0.39, 0.29) is 5.92 Å². The Balaban J connectivity index is 1.81. The molecule has 2 unspecified atom stereocenters. The van der Waals surface area contributed by atoms with Gasteiger partial charge in [-0.05, 0) is 49.1 Å². The van der Waals surface area contributed by atoms with Crippen molar-refractivity contribution in [3.8, 4) is 0 Å². The van der Waals surface area contributed by atoms with Crippen LogP contribution in [0.1, 0.15) is 36.5 Å². The van der Waals surface area contributed by atoms with E-state index in [0.717, 1.165) is 24.5 Å². The molecule has 0 N–H and O–H groups in total. The number of hydrogen-bond donors (Lipinski definition) is 0. The first-order chi connectivity index (χ1) is 7.34. The number of carbonyl (C=O) groups excluding carboxylic acids is 1. The molecule has 0 saturated heterocycles. The Kier molecular flexibility index (Phi) is 1.38. The van der Waals surface area contributed by atoms with Crippen LogP contribution in [0.5, 0.6) is 0 Å². The molecule has 1 aromatic rings. The summed E-state index contributed by atoms with van der Waals surface area (Å²) in [6.45, 7) is 0. The van der Waals surface area contributed by atoms with Crippen molar-refractivity contribution in [2.24, 2.45) is 17.8 Å². The van der Waals surface area contributed by atoms with Gasteiger partial charge >= 0.3 is 0 Å². The van der Waals surface area contributed by atoms with E-state index in [2.05, 4.69) is 0 Å². The van der Waals surface area contributed by atoms with Crippen molar-refractivity contribution < 1.29 is 9.21 Å². The maximum Gasteiger partial charge on any atom is 0.147 e. The second-order valence-electron chi connectivity index (χ2n) is 5.33. The largest absolute Gasteiger partial charge is 0.468 e. The number of hydrogen-bond acceptors (Lipinski definition) is 2. The van der Waals surface area contributed by atoms with Gasteiger partial charge in [0.1, 0.15) is 11.5 Å². The van der Waals surface area contributed by atoms with Crippen LogP contribution in [0.15, 0.2) is 16.7 Å².